The summed E-state index contributed by atoms with van der Waals surface area (Å²) >= 11 is 0. The monoisotopic (exact) mass is 331 g/mol. The fourth-order valence-corrected chi connectivity index (χ4v) is 1.83. The second-order valence-electron chi connectivity index (χ2n) is 6.61. The van der Waals surface area contributed by atoms with Crippen molar-refractivity contribution in [1.82, 2.24) is 10.6 Å². The number of unbranched alkanes of at least 4 members (excludes halogenated alkanes) is 1. The van der Waals surface area contributed by atoms with Crippen LogP contribution in [0.25, 0.3) is 0 Å². The molecule has 0 rings (SSSR count). The van der Waals surface area contributed by atoms with E-state index in [-0.39, 0.29) is 25.3 Å². The molecule has 134 valence electrons. The standard InChI is InChI=1S/C15H29N3O5/c1-14(2,3)23-13(22)17-10-6-5-8-15(4,12(20)21)18-11(19)7-9-16/h5-10,16H2,1-4H3,(H,17,22)(H,18,19)(H,20,21)/t15-/m0/s1. The van der Waals surface area contributed by atoms with E-state index in [1.54, 1.807) is 20.8 Å². The summed E-state index contributed by atoms with van der Waals surface area (Å²) in [7, 11) is 0. The van der Waals surface area contributed by atoms with Gasteiger partial charge in [-0.05, 0) is 47.0 Å². The second-order valence-corrected chi connectivity index (χ2v) is 6.61. The molecule has 8 heteroatoms. The number of carbonyl (C=O) groups excluding carboxylic acids is 2. The van der Waals surface area contributed by atoms with Gasteiger partial charge in [0.2, 0.25) is 5.91 Å². The molecule has 0 aliphatic heterocycles. The molecular formula is C15H29N3O5. The minimum atomic E-state index is -1.34. The van der Waals surface area contributed by atoms with E-state index < -0.39 is 23.2 Å². The van der Waals surface area contributed by atoms with Gasteiger partial charge in [0.1, 0.15) is 11.1 Å². The lowest BCUT2D eigenvalue weighted by atomic mass is 9.94. The molecule has 0 heterocycles. The maximum absolute atomic E-state index is 11.5. The highest BCUT2D eigenvalue weighted by atomic mass is 16.6. The Kier molecular flexibility index (Phi) is 8.60. The number of amides is 2. The van der Waals surface area contributed by atoms with Gasteiger partial charge in [-0.2, -0.15) is 0 Å². The number of nitrogens with one attached hydrogen (secondary N) is 2. The molecule has 0 aliphatic rings. The Morgan fingerprint density at radius 2 is 1.74 bits per heavy atom. The van der Waals surface area contributed by atoms with Crippen LogP contribution in [0.1, 0.15) is 53.4 Å². The molecule has 0 saturated carbocycles. The normalized spacial score (nSPS) is 13.8. The zero-order valence-electron chi connectivity index (χ0n) is 14.4. The Hall–Kier alpha value is -1.83. The van der Waals surface area contributed by atoms with E-state index in [9.17, 15) is 19.5 Å². The highest BCUT2D eigenvalue weighted by Gasteiger charge is 2.33. The van der Waals surface area contributed by atoms with Gasteiger partial charge in [-0.3, -0.25) is 4.79 Å². The minimum absolute atomic E-state index is 0.0864. The average Bonchev–Trinajstić information content (AvgIpc) is 2.36. The van der Waals surface area contributed by atoms with Gasteiger partial charge in [-0.25, -0.2) is 9.59 Å². The summed E-state index contributed by atoms with van der Waals surface area (Å²) in [6, 6.07) is 0. The molecule has 0 unspecified atom stereocenters. The van der Waals surface area contributed by atoms with Crippen LogP contribution in [0.3, 0.4) is 0 Å². The average molecular weight is 331 g/mol. The van der Waals surface area contributed by atoms with Crippen LogP contribution in [-0.4, -0.2) is 47.3 Å². The highest BCUT2D eigenvalue weighted by molar-refractivity contribution is 5.86. The van der Waals surface area contributed by atoms with Crippen molar-refractivity contribution in [2.45, 2.75) is 64.5 Å². The lowest BCUT2D eigenvalue weighted by Gasteiger charge is -2.26. The van der Waals surface area contributed by atoms with Gasteiger partial charge in [-0.15, -0.1) is 0 Å². The zero-order chi connectivity index (χ0) is 18.1. The number of rotatable bonds is 9. The molecule has 0 saturated heterocycles. The molecule has 0 aromatic rings. The molecule has 0 spiro atoms. The van der Waals surface area contributed by atoms with E-state index in [1.165, 1.54) is 6.92 Å². The topological polar surface area (TPSA) is 131 Å². The summed E-state index contributed by atoms with van der Waals surface area (Å²) < 4.78 is 5.09. The number of nitrogens with two attached hydrogens (primary N) is 1. The van der Waals surface area contributed by atoms with E-state index >= 15 is 0 Å². The fraction of sp³-hybridized carbons (Fsp3) is 0.800. The van der Waals surface area contributed by atoms with Gasteiger partial charge in [0.05, 0.1) is 0 Å². The van der Waals surface area contributed by atoms with Gasteiger partial charge in [0, 0.05) is 19.5 Å². The molecule has 23 heavy (non-hydrogen) atoms. The van der Waals surface area contributed by atoms with Gasteiger partial charge in [0.15, 0.2) is 0 Å². The fourth-order valence-electron chi connectivity index (χ4n) is 1.83. The Morgan fingerprint density at radius 1 is 1.13 bits per heavy atom. The molecule has 0 aromatic carbocycles. The van der Waals surface area contributed by atoms with Crippen molar-refractivity contribution in [3.63, 3.8) is 0 Å². The van der Waals surface area contributed by atoms with Crippen LogP contribution in [0.2, 0.25) is 0 Å². The Morgan fingerprint density at radius 3 is 2.22 bits per heavy atom. The maximum atomic E-state index is 11.5. The van der Waals surface area contributed by atoms with E-state index in [2.05, 4.69) is 10.6 Å². The number of hydrogen-bond donors (Lipinski definition) is 4. The first kappa shape index (κ1) is 21.2. The molecular weight excluding hydrogens is 302 g/mol. The van der Waals surface area contributed by atoms with Crippen molar-refractivity contribution in [2.75, 3.05) is 13.1 Å². The summed E-state index contributed by atoms with van der Waals surface area (Å²) in [4.78, 5) is 34.3. The van der Waals surface area contributed by atoms with Crippen LogP contribution in [0, 0.1) is 0 Å². The number of carbonyl (C=O) groups is 3. The number of carboxylic acid groups (broad SMARTS) is 1. The summed E-state index contributed by atoms with van der Waals surface area (Å²) in [5.41, 5.74) is 3.38. The number of carboxylic acids is 1. The molecule has 1 atom stereocenters. The van der Waals surface area contributed by atoms with Crippen molar-refractivity contribution < 1.29 is 24.2 Å². The predicted molar refractivity (Wildman–Crippen MR) is 85.9 cm³/mol. The van der Waals surface area contributed by atoms with Crippen molar-refractivity contribution in [3.8, 4) is 0 Å². The molecule has 2 amide bonds. The van der Waals surface area contributed by atoms with Gasteiger partial charge >= 0.3 is 12.1 Å². The Labute approximate surface area is 137 Å². The van der Waals surface area contributed by atoms with Crippen molar-refractivity contribution in [3.05, 3.63) is 0 Å². The lowest BCUT2D eigenvalue weighted by Crippen LogP contribution is -2.52. The summed E-state index contributed by atoms with van der Waals surface area (Å²) in [5.74, 6) is -1.48. The van der Waals surface area contributed by atoms with Crippen molar-refractivity contribution >= 4 is 18.0 Å². The van der Waals surface area contributed by atoms with Gasteiger partial charge in [-0.1, -0.05) is 0 Å². The summed E-state index contributed by atoms with van der Waals surface area (Å²) in [5, 5.41) is 14.4. The van der Waals surface area contributed by atoms with Crippen LogP contribution in [0.4, 0.5) is 4.79 Å². The molecule has 0 radical (unpaired) electrons. The number of ether oxygens (including phenoxy) is 1. The Balaban J connectivity index is 4.17. The molecule has 0 aliphatic carbocycles. The number of aliphatic carboxylic acids is 1. The smallest absolute Gasteiger partial charge is 0.407 e. The van der Waals surface area contributed by atoms with Crippen LogP contribution >= 0.6 is 0 Å². The van der Waals surface area contributed by atoms with E-state index in [4.69, 9.17) is 10.5 Å². The lowest BCUT2D eigenvalue weighted by molar-refractivity contribution is -0.147. The van der Waals surface area contributed by atoms with Gasteiger partial charge in [0.25, 0.3) is 0 Å². The zero-order valence-corrected chi connectivity index (χ0v) is 14.4. The first-order chi connectivity index (χ1) is 10.5. The second kappa shape index (κ2) is 9.34. The maximum Gasteiger partial charge on any atom is 0.407 e. The summed E-state index contributed by atoms with van der Waals surface area (Å²) in [6.07, 6.45) is 0.948. The third-order valence-electron chi connectivity index (χ3n) is 3.03. The molecule has 0 fully saturated rings. The van der Waals surface area contributed by atoms with E-state index in [1.807, 2.05) is 0 Å². The molecule has 8 nitrogen and oxygen atoms in total. The minimum Gasteiger partial charge on any atom is -0.480 e. The quantitative estimate of drug-likeness (QED) is 0.466. The van der Waals surface area contributed by atoms with Crippen LogP contribution in [0.15, 0.2) is 0 Å². The van der Waals surface area contributed by atoms with Gasteiger partial charge < -0.3 is 26.2 Å². The van der Waals surface area contributed by atoms with Crippen molar-refractivity contribution in [1.29, 1.82) is 0 Å². The third kappa shape index (κ3) is 9.72. The SMILES string of the molecule is CC(C)(C)OC(=O)NCCCC[C@](C)(NC(=O)CCN)C(=O)O. The van der Waals surface area contributed by atoms with Crippen molar-refractivity contribution in [2.24, 2.45) is 5.73 Å². The predicted octanol–water partition coefficient (Wildman–Crippen LogP) is 0.990. The number of alkyl carbamates (subject to hydrolysis) is 1. The molecule has 5 N–H and O–H groups in total. The van der Waals surface area contributed by atoms with Crippen LogP contribution in [-0.2, 0) is 14.3 Å². The first-order valence-corrected chi connectivity index (χ1v) is 7.71. The highest BCUT2D eigenvalue weighted by Crippen LogP contribution is 2.14. The van der Waals surface area contributed by atoms with E-state index in [0.29, 0.717) is 19.4 Å². The number of hydrogen-bond acceptors (Lipinski definition) is 5. The third-order valence-corrected chi connectivity index (χ3v) is 3.03. The van der Waals surface area contributed by atoms with Crippen LogP contribution in [0.5, 0.6) is 0 Å². The van der Waals surface area contributed by atoms with E-state index in [0.717, 1.165) is 0 Å². The summed E-state index contributed by atoms with van der Waals surface area (Å²) in [6.45, 7) is 7.33. The van der Waals surface area contributed by atoms with Crippen LogP contribution < -0.4 is 16.4 Å². The molecule has 0 aromatic heterocycles. The Bertz CT molecular complexity index is 420. The molecule has 0 bridgehead atoms. The first-order valence-electron chi connectivity index (χ1n) is 7.71. The largest absolute Gasteiger partial charge is 0.480 e.